The molecule has 202 valence electrons. The number of β-lactam (4-membered cyclic amide) rings is 1. The molecule has 40 heavy (non-hydrogen) atoms. The molecule has 0 spiro atoms. The molecule has 2 amide bonds. The number of anilines is 1. The monoisotopic (exact) mass is 629 g/mol. The van der Waals surface area contributed by atoms with Crippen molar-refractivity contribution in [3.8, 4) is 0 Å². The predicted molar refractivity (Wildman–Crippen MR) is 146 cm³/mol. The molecule has 2 atom stereocenters. The second-order valence-corrected chi connectivity index (χ2v) is 12.5. The van der Waals surface area contributed by atoms with Crippen LogP contribution in [0.25, 0.3) is 10.1 Å². The van der Waals surface area contributed by atoms with Crippen LogP contribution in [0.4, 0.5) is 9.52 Å². The topological polar surface area (TPSA) is 167 Å². The third-order valence-electron chi connectivity index (χ3n) is 5.75. The number of carboxylic acids is 1. The first-order valence-electron chi connectivity index (χ1n) is 11.1. The number of aliphatic carboxylic acids is 1. The molecule has 2 aromatic heterocycles. The van der Waals surface area contributed by atoms with Crippen LogP contribution in [-0.4, -0.2) is 63.4 Å². The molecule has 0 aliphatic carbocycles. The Morgan fingerprint density at radius 3 is 2.80 bits per heavy atom. The van der Waals surface area contributed by atoms with Crippen LogP contribution in [0.2, 0.25) is 0 Å². The zero-order valence-electron chi connectivity index (χ0n) is 20.8. The maximum absolute atomic E-state index is 13.7. The number of aromatic nitrogens is 1. The van der Waals surface area contributed by atoms with Gasteiger partial charge < -0.3 is 25.8 Å². The summed E-state index contributed by atoms with van der Waals surface area (Å²) in [5.74, 6) is -2.94. The Hall–Kier alpha value is -2.47. The number of hydrogen-bond acceptors (Lipinski definition) is 13. The van der Waals surface area contributed by atoms with Crippen molar-refractivity contribution in [2.24, 2.45) is 5.16 Å². The fourth-order valence-corrected chi connectivity index (χ4v) is 8.30. The van der Waals surface area contributed by atoms with Gasteiger partial charge in [-0.2, -0.15) is 0 Å². The number of carbonyl (C=O) groups is 3. The maximum atomic E-state index is 13.7. The van der Waals surface area contributed by atoms with E-state index in [1.54, 1.807) is 0 Å². The second-order valence-electron chi connectivity index (χ2n) is 8.15. The zero-order valence-corrected chi connectivity index (χ0v) is 26.1. The van der Waals surface area contributed by atoms with Gasteiger partial charge in [0.2, 0.25) is 0 Å². The summed E-state index contributed by atoms with van der Waals surface area (Å²) in [5, 5.41) is 19.8. The molecule has 4 heterocycles. The third-order valence-corrected chi connectivity index (χ3v) is 10.1. The number of carbonyl (C=O) groups excluding carboxylic acids is 3. The standard InChI is InChI=1S/C23H18FN5O6S4.Na/c1-35-28-16(12-8-38-23(25)26-12)19(31)27-17-20(32)29-18(22(33)34)9(7-37-21(17)29)6-36-15-5-13(30)11-3-2-10(24)4-14(11)39-15;/h2-5,8,17,21H,6-7H2,1H3,(H2,25,26)(H,27,31)(H,33,34);/q;+1/p-1/b28-16-;/t17-,21-;/m1./s1. The molecule has 3 aromatic rings. The summed E-state index contributed by atoms with van der Waals surface area (Å²) in [6, 6.07) is 4.33. The van der Waals surface area contributed by atoms with Crippen molar-refractivity contribution in [1.82, 2.24) is 15.2 Å². The second kappa shape index (κ2) is 12.6. The number of thioether (sulfide) groups is 2. The summed E-state index contributed by atoms with van der Waals surface area (Å²) < 4.78 is 14.7. The van der Waals surface area contributed by atoms with Crippen LogP contribution in [0.5, 0.6) is 0 Å². The number of halogens is 1. The molecule has 0 radical (unpaired) electrons. The van der Waals surface area contributed by atoms with Crippen molar-refractivity contribution >= 4 is 84.9 Å². The van der Waals surface area contributed by atoms with E-state index in [0.717, 1.165) is 16.2 Å². The van der Waals surface area contributed by atoms with Crippen LogP contribution in [0.3, 0.4) is 0 Å². The number of oxime groups is 1. The van der Waals surface area contributed by atoms with Gasteiger partial charge in [0.15, 0.2) is 16.3 Å². The molecular weight excluding hydrogens is 613 g/mol. The first-order valence-corrected chi connectivity index (χ1v) is 14.8. The summed E-state index contributed by atoms with van der Waals surface area (Å²) in [4.78, 5) is 60.2. The van der Waals surface area contributed by atoms with Gasteiger partial charge in [0, 0.05) is 33.0 Å². The number of nitrogens with zero attached hydrogens (tertiary/aromatic N) is 3. The molecule has 2 aliphatic rings. The normalized spacial score (nSPS) is 18.6. The first-order chi connectivity index (χ1) is 18.7. The Labute approximate surface area is 264 Å². The SMILES string of the molecule is CO/N=C(\C(=O)N[C@@H]1C(=O)N2C(C(=O)[O-])=C(CSc3cc(=O)c4ccc(F)cc4s3)CS[C@H]12)c1csc(N)n1.[Na+]. The van der Waals surface area contributed by atoms with Gasteiger partial charge in [-0.05, 0) is 23.8 Å². The maximum Gasteiger partial charge on any atom is 1.00 e. The van der Waals surface area contributed by atoms with Crippen LogP contribution in [0.1, 0.15) is 5.69 Å². The number of fused-ring (bicyclic) bond motifs is 2. The number of hydrogen-bond donors (Lipinski definition) is 2. The minimum atomic E-state index is -1.53. The van der Waals surface area contributed by atoms with Crippen molar-refractivity contribution in [3.63, 3.8) is 0 Å². The number of nitrogen functional groups attached to an aromatic ring is 1. The number of rotatable bonds is 8. The van der Waals surface area contributed by atoms with E-state index in [4.69, 9.17) is 10.6 Å². The number of benzene rings is 1. The molecule has 0 unspecified atom stereocenters. The van der Waals surface area contributed by atoms with Gasteiger partial charge in [0.1, 0.15) is 30.0 Å². The number of amides is 2. The fraction of sp³-hybridized carbons (Fsp3) is 0.217. The molecule has 3 N–H and O–H groups in total. The molecule has 17 heteroatoms. The number of carboxylic acid groups (broad SMARTS) is 1. The van der Waals surface area contributed by atoms with Gasteiger partial charge in [0.25, 0.3) is 11.8 Å². The van der Waals surface area contributed by atoms with Crippen molar-refractivity contribution in [2.45, 2.75) is 15.6 Å². The molecule has 0 saturated carbocycles. The van der Waals surface area contributed by atoms with E-state index in [1.807, 2.05) is 0 Å². The van der Waals surface area contributed by atoms with Gasteiger partial charge in [-0.3, -0.25) is 19.3 Å². The number of nitrogens with two attached hydrogens (primary N) is 1. The Balaban J connectivity index is 0.00000370. The minimum Gasteiger partial charge on any atom is -0.543 e. The average Bonchev–Trinajstić information content (AvgIpc) is 3.33. The van der Waals surface area contributed by atoms with Gasteiger partial charge in [-0.15, -0.1) is 46.2 Å². The molecule has 1 saturated heterocycles. The Kier molecular flexibility index (Phi) is 9.59. The third kappa shape index (κ3) is 5.93. The molecule has 2 aliphatic heterocycles. The van der Waals surface area contributed by atoms with Crippen LogP contribution in [-0.2, 0) is 19.2 Å². The Morgan fingerprint density at radius 1 is 1.35 bits per heavy atom. The Morgan fingerprint density at radius 2 is 2.12 bits per heavy atom. The van der Waals surface area contributed by atoms with Crippen molar-refractivity contribution < 1.29 is 58.3 Å². The molecule has 1 aromatic carbocycles. The van der Waals surface area contributed by atoms with Crippen LogP contribution < -0.4 is 51.1 Å². The molecule has 1 fully saturated rings. The van der Waals surface area contributed by atoms with Crippen LogP contribution in [0.15, 0.2) is 55.1 Å². The molecule has 11 nitrogen and oxygen atoms in total. The largest absolute Gasteiger partial charge is 1.00 e. The van der Waals surface area contributed by atoms with E-state index >= 15 is 0 Å². The summed E-state index contributed by atoms with van der Waals surface area (Å²) in [7, 11) is 1.25. The number of nitrogens with one attached hydrogen (secondary N) is 1. The van der Waals surface area contributed by atoms with Crippen LogP contribution in [0, 0.1) is 5.82 Å². The quantitative estimate of drug-likeness (QED) is 0.0935. The smallest absolute Gasteiger partial charge is 0.543 e. The summed E-state index contributed by atoms with van der Waals surface area (Å²) in [5.41, 5.74) is 5.52. The molecule has 5 rings (SSSR count). The van der Waals surface area contributed by atoms with Crippen molar-refractivity contribution in [2.75, 3.05) is 24.3 Å². The van der Waals surface area contributed by atoms with E-state index in [1.165, 1.54) is 71.6 Å². The van der Waals surface area contributed by atoms with E-state index in [-0.39, 0.29) is 68.7 Å². The van der Waals surface area contributed by atoms with Crippen molar-refractivity contribution in [1.29, 1.82) is 0 Å². The summed E-state index contributed by atoms with van der Waals surface area (Å²) in [6.07, 6.45) is 0. The van der Waals surface area contributed by atoms with Crippen LogP contribution >= 0.6 is 46.2 Å². The fourth-order valence-electron chi connectivity index (χ4n) is 4.02. The molecular formula is C23H17FN5NaO6S4. The van der Waals surface area contributed by atoms with E-state index in [9.17, 15) is 28.7 Å². The number of thiazole rings is 1. The van der Waals surface area contributed by atoms with Gasteiger partial charge in [-0.25, -0.2) is 9.37 Å². The minimum absolute atomic E-state index is 0. The predicted octanol–water partition coefficient (Wildman–Crippen LogP) is -2.01. The van der Waals surface area contributed by atoms with E-state index in [0.29, 0.717) is 19.9 Å². The average molecular weight is 630 g/mol. The van der Waals surface area contributed by atoms with Gasteiger partial charge in [0.05, 0.1) is 15.9 Å². The van der Waals surface area contributed by atoms with Crippen molar-refractivity contribution in [3.05, 3.63) is 62.7 Å². The zero-order chi connectivity index (χ0) is 27.8. The van der Waals surface area contributed by atoms with Gasteiger partial charge in [-0.1, -0.05) is 5.16 Å². The summed E-state index contributed by atoms with van der Waals surface area (Å²) >= 11 is 4.80. The van der Waals surface area contributed by atoms with Gasteiger partial charge >= 0.3 is 29.6 Å². The summed E-state index contributed by atoms with van der Waals surface area (Å²) in [6.45, 7) is 0. The van der Waals surface area contributed by atoms with E-state index in [2.05, 4.69) is 15.5 Å². The Bertz CT molecular complexity index is 1640. The first kappa shape index (κ1) is 30.5. The molecule has 0 bridgehead atoms. The van der Waals surface area contributed by atoms with E-state index < -0.39 is 35.0 Å².